The summed E-state index contributed by atoms with van der Waals surface area (Å²) >= 11 is 13.8. The van der Waals surface area contributed by atoms with Crippen molar-refractivity contribution in [2.45, 2.75) is 12.5 Å². The zero-order valence-corrected chi connectivity index (χ0v) is 10.8. The van der Waals surface area contributed by atoms with Crippen molar-refractivity contribution >= 4 is 34.5 Å². The summed E-state index contributed by atoms with van der Waals surface area (Å²) in [5.41, 5.74) is 7.03. The maximum absolute atomic E-state index is 6.10. The molecule has 2 N–H and O–H groups in total. The molecule has 0 amide bonds. The van der Waals surface area contributed by atoms with Gasteiger partial charge in [0.1, 0.15) is 0 Å². The lowest BCUT2D eigenvalue weighted by atomic mass is 10.1. The minimum absolute atomic E-state index is 0.0441. The Morgan fingerprint density at radius 2 is 1.81 bits per heavy atom. The normalized spacial score (nSPS) is 12.7. The van der Waals surface area contributed by atoms with Crippen molar-refractivity contribution in [2.75, 3.05) is 0 Å². The summed E-state index contributed by atoms with van der Waals surface area (Å²) in [5, 5.41) is 3.38. The molecule has 1 nitrogen and oxygen atoms in total. The van der Waals surface area contributed by atoms with E-state index in [-0.39, 0.29) is 6.04 Å². The van der Waals surface area contributed by atoms with Crippen molar-refractivity contribution in [1.29, 1.82) is 0 Å². The molecule has 1 aromatic carbocycles. The van der Waals surface area contributed by atoms with E-state index in [9.17, 15) is 0 Å². The number of rotatable bonds is 3. The van der Waals surface area contributed by atoms with Crippen LogP contribution in [0, 0.1) is 0 Å². The second kappa shape index (κ2) is 5.19. The van der Waals surface area contributed by atoms with E-state index in [0.29, 0.717) is 16.5 Å². The molecule has 0 saturated heterocycles. The van der Waals surface area contributed by atoms with Crippen LogP contribution in [-0.4, -0.2) is 0 Å². The van der Waals surface area contributed by atoms with Crippen molar-refractivity contribution in [3.05, 3.63) is 56.2 Å². The first-order valence-electron chi connectivity index (χ1n) is 4.90. The smallest absolute Gasteiger partial charge is 0.0453 e. The second-order valence-electron chi connectivity index (χ2n) is 3.53. The topological polar surface area (TPSA) is 26.0 Å². The van der Waals surface area contributed by atoms with Crippen molar-refractivity contribution in [3.63, 3.8) is 0 Å². The maximum Gasteiger partial charge on any atom is 0.0453 e. The Kier molecular flexibility index (Phi) is 3.87. The van der Waals surface area contributed by atoms with Crippen LogP contribution in [0.15, 0.2) is 35.7 Å². The lowest BCUT2D eigenvalue weighted by molar-refractivity contribution is 0.737. The van der Waals surface area contributed by atoms with Crippen LogP contribution in [0.5, 0.6) is 0 Å². The molecule has 1 heterocycles. The molecule has 4 heteroatoms. The molecule has 2 aromatic rings. The van der Waals surface area contributed by atoms with E-state index in [0.717, 1.165) is 10.4 Å². The minimum Gasteiger partial charge on any atom is -0.323 e. The molecule has 0 aliphatic carbocycles. The summed E-state index contributed by atoms with van der Waals surface area (Å²) in [6.45, 7) is 0. The van der Waals surface area contributed by atoms with Gasteiger partial charge in [-0.05, 0) is 35.6 Å². The molecule has 0 aliphatic heterocycles. The molecule has 0 saturated carbocycles. The lowest BCUT2D eigenvalue weighted by Crippen LogP contribution is -2.12. The van der Waals surface area contributed by atoms with Crippen molar-refractivity contribution in [2.24, 2.45) is 5.73 Å². The Balaban J connectivity index is 2.21. The fourth-order valence-corrected chi connectivity index (χ4v) is 2.83. The summed E-state index contributed by atoms with van der Waals surface area (Å²) in [7, 11) is 0. The van der Waals surface area contributed by atoms with E-state index in [4.69, 9.17) is 28.9 Å². The number of halogens is 2. The highest BCUT2D eigenvalue weighted by atomic mass is 35.5. The van der Waals surface area contributed by atoms with E-state index in [1.807, 2.05) is 35.7 Å². The molecule has 1 atom stereocenters. The molecule has 16 heavy (non-hydrogen) atoms. The van der Waals surface area contributed by atoms with Gasteiger partial charge >= 0.3 is 0 Å². The highest BCUT2D eigenvalue weighted by molar-refractivity contribution is 7.10. The number of benzene rings is 1. The second-order valence-corrected chi connectivity index (χ2v) is 5.32. The van der Waals surface area contributed by atoms with Crippen molar-refractivity contribution < 1.29 is 0 Å². The van der Waals surface area contributed by atoms with Crippen LogP contribution in [0.4, 0.5) is 0 Å². The predicted molar refractivity (Wildman–Crippen MR) is 71.4 cm³/mol. The molecule has 84 valence electrons. The van der Waals surface area contributed by atoms with Gasteiger partial charge < -0.3 is 5.73 Å². The molecule has 0 aliphatic rings. The largest absolute Gasteiger partial charge is 0.323 e. The fourth-order valence-electron chi connectivity index (χ4n) is 1.55. The molecular weight excluding hydrogens is 261 g/mol. The molecule has 1 unspecified atom stereocenters. The Labute approximate surface area is 109 Å². The first kappa shape index (κ1) is 11.9. The van der Waals surface area contributed by atoms with Gasteiger partial charge in [-0.1, -0.05) is 35.3 Å². The predicted octanol–water partition coefficient (Wildman–Crippen LogP) is 4.30. The molecule has 0 fully saturated rings. The van der Waals surface area contributed by atoms with Crippen LogP contribution >= 0.6 is 34.5 Å². The standard InChI is InChI=1S/C12H11Cl2NS/c13-9-3-1-4-10(14)8(9)7-11(15)12-5-2-6-16-12/h1-6,11H,7,15H2. The average molecular weight is 272 g/mol. The van der Waals surface area contributed by atoms with E-state index in [1.54, 1.807) is 11.3 Å². The highest BCUT2D eigenvalue weighted by Crippen LogP contribution is 2.29. The minimum atomic E-state index is -0.0441. The van der Waals surface area contributed by atoms with Gasteiger partial charge in [-0.25, -0.2) is 0 Å². The van der Waals surface area contributed by atoms with Gasteiger partial charge in [0, 0.05) is 21.0 Å². The van der Waals surface area contributed by atoms with Gasteiger partial charge in [0.05, 0.1) is 0 Å². The van der Waals surface area contributed by atoms with Gasteiger partial charge in [0.25, 0.3) is 0 Å². The van der Waals surface area contributed by atoms with Gasteiger partial charge in [0.2, 0.25) is 0 Å². The van der Waals surface area contributed by atoms with Crippen molar-refractivity contribution in [1.82, 2.24) is 0 Å². The maximum atomic E-state index is 6.10. The van der Waals surface area contributed by atoms with Crippen molar-refractivity contribution in [3.8, 4) is 0 Å². The summed E-state index contributed by atoms with van der Waals surface area (Å²) in [5.74, 6) is 0. The van der Waals surface area contributed by atoms with Gasteiger partial charge in [-0.2, -0.15) is 0 Å². The molecule has 1 aromatic heterocycles. The van der Waals surface area contributed by atoms with Gasteiger partial charge in [-0.3, -0.25) is 0 Å². The summed E-state index contributed by atoms with van der Waals surface area (Å²) in [4.78, 5) is 1.15. The van der Waals surface area contributed by atoms with Crippen LogP contribution in [0.3, 0.4) is 0 Å². The number of hydrogen-bond acceptors (Lipinski definition) is 2. The Morgan fingerprint density at radius 3 is 2.38 bits per heavy atom. The third kappa shape index (κ3) is 2.58. The lowest BCUT2D eigenvalue weighted by Gasteiger charge is -2.12. The number of hydrogen-bond donors (Lipinski definition) is 1. The van der Waals surface area contributed by atoms with E-state index < -0.39 is 0 Å². The van der Waals surface area contributed by atoms with E-state index in [2.05, 4.69) is 0 Å². The summed E-state index contributed by atoms with van der Waals surface area (Å²) in [6, 6.07) is 9.49. The Bertz CT molecular complexity index is 448. The average Bonchev–Trinajstić information content (AvgIpc) is 2.76. The molecular formula is C12H11Cl2NS. The monoisotopic (exact) mass is 271 g/mol. The number of nitrogens with two attached hydrogens (primary N) is 1. The van der Waals surface area contributed by atoms with Crippen LogP contribution in [0.25, 0.3) is 0 Å². The fraction of sp³-hybridized carbons (Fsp3) is 0.167. The Hall–Kier alpha value is -0.540. The van der Waals surface area contributed by atoms with Gasteiger partial charge in [-0.15, -0.1) is 11.3 Å². The molecule has 0 spiro atoms. The number of thiophene rings is 1. The summed E-state index contributed by atoms with van der Waals surface area (Å²) < 4.78 is 0. The third-order valence-electron chi connectivity index (χ3n) is 2.39. The third-order valence-corrected chi connectivity index (χ3v) is 4.11. The van der Waals surface area contributed by atoms with E-state index in [1.165, 1.54) is 0 Å². The molecule has 2 rings (SSSR count). The quantitative estimate of drug-likeness (QED) is 0.885. The summed E-state index contributed by atoms with van der Waals surface area (Å²) in [6.07, 6.45) is 0.666. The van der Waals surface area contributed by atoms with Crippen LogP contribution in [-0.2, 0) is 6.42 Å². The Morgan fingerprint density at radius 1 is 1.12 bits per heavy atom. The zero-order chi connectivity index (χ0) is 11.5. The molecule has 0 bridgehead atoms. The van der Waals surface area contributed by atoms with E-state index >= 15 is 0 Å². The highest BCUT2D eigenvalue weighted by Gasteiger charge is 2.12. The van der Waals surface area contributed by atoms with Crippen LogP contribution in [0.2, 0.25) is 10.0 Å². The molecule has 0 radical (unpaired) electrons. The zero-order valence-electron chi connectivity index (χ0n) is 8.49. The first-order chi connectivity index (χ1) is 7.68. The van der Waals surface area contributed by atoms with Crippen LogP contribution < -0.4 is 5.73 Å². The van der Waals surface area contributed by atoms with Gasteiger partial charge in [0.15, 0.2) is 0 Å². The first-order valence-corrected chi connectivity index (χ1v) is 6.54. The SMILES string of the molecule is NC(Cc1c(Cl)cccc1Cl)c1cccs1. The van der Waals surface area contributed by atoms with Crippen LogP contribution in [0.1, 0.15) is 16.5 Å².